The van der Waals surface area contributed by atoms with Gasteiger partial charge in [-0.1, -0.05) is 30.3 Å². The fraction of sp³-hybridized carbons (Fsp3) is 0.0417. The average Bonchev–Trinajstić information content (AvgIpc) is 3.32. The van der Waals surface area contributed by atoms with Crippen molar-refractivity contribution in [3.05, 3.63) is 84.3 Å². The number of hydrogen-bond donors (Lipinski definition) is 0. The Morgan fingerprint density at radius 3 is 2.79 bits per heavy atom. The van der Waals surface area contributed by atoms with E-state index in [1.54, 1.807) is 0 Å². The average molecular weight is 358 g/mol. The first-order valence-corrected chi connectivity index (χ1v) is 9.43. The molecule has 0 bridgehead atoms. The van der Waals surface area contributed by atoms with Gasteiger partial charge >= 0.3 is 0 Å². The molecule has 0 radical (unpaired) electrons. The van der Waals surface area contributed by atoms with E-state index in [2.05, 4.69) is 62.9 Å². The molecule has 2 aromatic carbocycles. The van der Waals surface area contributed by atoms with Crippen LogP contribution in [0.5, 0.6) is 0 Å². The maximum absolute atomic E-state index is 5.04. The van der Waals surface area contributed by atoms with Crippen molar-refractivity contribution < 1.29 is 0 Å². The number of aromatic nitrogens is 4. The third-order valence-corrected chi connectivity index (χ3v) is 5.94. The molecule has 6 aromatic rings. The number of imidazole rings is 1. The van der Waals surface area contributed by atoms with Gasteiger partial charge in [0.25, 0.3) is 0 Å². The summed E-state index contributed by atoms with van der Waals surface area (Å²) in [6.07, 6.45) is 6.53. The van der Waals surface area contributed by atoms with Gasteiger partial charge in [-0.25, -0.2) is 4.98 Å². The van der Waals surface area contributed by atoms with Crippen LogP contribution in [-0.4, -0.2) is 19.4 Å². The van der Waals surface area contributed by atoms with Crippen LogP contribution in [0.4, 0.5) is 0 Å². The lowest BCUT2D eigenvalue weighted by Crippen LogP contribution is -1.95. The number of rotatable bonds is 0. The Labute approximate surface area is 160 Å². The van der Waals surface area contributed by atoms with Gasteiger partial charge < -0.3 is 0 Å². The van der Waals surface area contributed by atoms with Crippen LogP contribution in [0, 0.1) is 0 Å². The highest BCUT2D eigenvalue weighted by molar-refractivity contribution is 6.12. The lowest BCUT2D eigenvalue weighted by Gasteiger charge is -2.09. The second kappa shape index (κ2) is 4.93. The largest absolute Gasteiger partial charge is 0.291 e. The third-order valence-electron chi connectivity index (χ3n) is 5.94. The van der Waals surface area contributed by atoms with Gasteiger partial charge in [0.15, 0.2) is 0 Å². The second-order valence-corrected chi connectivity index (χ2v) is 7.36. The van der Waals surface area contributed by atoms with Crippen LogP contribution in [0.15, 0.2) is 73.2 Å². The van der Waals surface area contributed by atoms with Crippen molar-refractivity contribution in [3.63, 3.8) is 0 Å². The molecule has 130 valence electrons. The van der Waals surface area contributed by atoms with Crippen LogP contribution < -0.4 is 0 Å². The predicted octanol–water partition coefficient (Wildman–Crippen LogP) is 5.16. The fourth-order valence-corrected chi connectivity index (χ4v) is 4.77. The van der Waals surface area contributed by atoms with Crippen LogP contribution in [0.2, 0.25) is 0 Å². The molecule has 0 spiro atoms. The van der Waals surface area contributed by atoms with Crippen LogP contribution >= 0.6 is 0 Å². The van der Waals surface area contributed by atoms with E-state index in [4.69, 9.17) is 4.98 Å². The third kappa shape index (κ3) is 1.63. The molecule has 4 aromatic heterocycles. The van der Waals surface area contributed by atoms with E-state index in [9.17, 15) is 0 Å². The van der Waals surface area contributed by atoms with Crippen molar-refractivity contribution in [2.75, 3.05) is 0 Å². The first-order chi connectivity index (χ1) is 13.9. The molecule has 4 heteroatoms. The molecule has 1 aliphatic carbocycles. The highest BCUT2D eigenvalue weighted by atomic mass is 15.0. The number of nitrogens with zero attached hydrogens (tertiary/aromatic N) is 4. The number of fused-ring (bicyclic) bond motifs is 12. The lowest BCUT2D eigenvalue weighted by molar-refractivity contribution is 1.23. The minimum absolute atomic E-state index is 0.939. The summed E-state index contributed by atoms with van der Waals surface area (Å²) in [6.45, 7) is 0. The first-order valence-electron chi connectivity index (χ1n) is 9.43. The first kappa shape index (κ1) is 14.3. The van der Waals surface area contributed by atoms with E-state index in [0.717, 1.165) is 39.4 Å². The number of hydrogen-bond acceptors (Lipinski definition) is 3. The van der Waals surface area contributed by atoms with Gasteiger partial charge in [0.2, 0.25) is 0 Å². The summed E-state index contributed by atoms with van der Waals surface area (Å²) in [6, 6.07) is 19.2. The summed E-state index contributed by atoms with van der Waals surface area (Å²) in [5.41, 5.74) is 10.6. The van der Waals surface area contributed by atoms with E-state index < -0.39 is 0 Å². The summed E-state index contributed by atoms with van der Waals surface area (Å²) in [5, 5.41) is 2.11. The minimum Gasteiger partial charge on any atom is -0.291 e. The molecule has 0 fully saturated rings. The molecule has 28 heavy (non-hydrogen) atoms. The molecule has 0 aliphatic heterocycles. The zero-order valence-corrected chi connectivity index (χ0v) is 14.9. The normalized spacial score (nSPS) is 12.9. The van der Waals surface area contributed by atoms with Gasteiger partial charge in [0.1, 0.15) is 5.65 Å². The van der Waals surface area contributed by atoms with Crippen molar-refractivity contribution in [2.45, 2.75) is 6.42 Å². The van der Waals surface area contributed by atoms with Gasteiger partial charge in [-0.3, -0.25) is 14.4 Å². The molecule has 0 unspecified atom stereocenters. The molecule has 4 heterocycles. The SMILES string of the molecule is c1ccc2c(c1)Cc1c-2ccc2nc3c4cccnc4c4cnccc4n3c12. The van der Waals surface area contributed by atoms with Crippen LogP contribution in [-0.2, 0) is 6.42 Å². The molecule has 4 nitrogen and oxygen atoms in total. The summed E-state index contributed by atoms with van der Waals surface area (Å²) in [5.74, 6) is 0. The molecule has 0 atom stereocenters. The van der Waals surface area contributed by atoms with Crippen molar-refractivity contribution in [1.82, 2.24) is 19.4 Å². The molecule has 0 amide bonds. The van der Waals surface area contributed by atoms with Gasteiger partial charge in [0, 0.05) is 35.8 Å². The van der Waals surface area contributed by atoms with E-state index in [0.29, 0.717) is 0 Å². The second-order valence-electron chi connectivity index (χ2n) is 7.36. The van der Waals surface area contributed by atoms with Crippen LogP contribution in [0.25, 0.3) is 49.6 Å². The molecule has 1 aliphatic rings. The van der Waals surface area contributed by atoms with Gasteiger partial charge in [-0.05, 0) is 46.5 Å². The van der Waals surface area contributed by atoms with Crippen molar-refractivity contribution in [2.24, 2.45) is 0 Å². The molecule has 0 N–H and O–H groups in total. The van der Waals surface area contributed by atoms with E-state index >= 15 is 0 Å². The standard InChI is InChI=1S/C24H14N4/c1-2-5-15-14(4-1)12-18-16(15)7-8-20-23(18)28-21-9-11-25-13-19(21)22-17(24(28)27-20)6-3-10-26-22/h1-11,13H,12H2. The van der Waals surface area contributed by atoms with Crippen LogP contribution in [0.3, 0.4) is 0 Å². The van der Waals surface area contributed by atoms with Gasteiger partial charge in [-0.15, -0.1) is 0 Å². The summed E-state index contributed by atoms with van der Waals surface area (Å²) < 4.78 is 2.31. The molecule has 0 saturated carbocycles. The topological polar surface area (TPSA) is 43.1 Å². The van der Waals surface area contributed by atoms with E-state index in [1.165, 1.54) is 27.8 Å². The summed E-state index contributed by atoms with van der Waals surface area (Å²) in [4.78, 5) is 14.0. The maximum Gasteiger partial charge on any atom is 0.147 e. The van der Waals surface area contributed by atoms with Crippen molar-refractivity contribution >= 4 is 38.5 Å². The summed E-state index contributed by atoms with van der Waals surface area (Å²) in [7, 11) is 0. The van der Waals surface area contributed by atoms with E-state index in [-0.39, 0.29) is 0 Å². The number of pyridine rings is 3. The molecule has 0 saturated heterocycles. The van der Waals surface area contributed by atoms with Gasteiger partial charge in [0.05, 0.1) is 22.1 Å². The Bertz CT molecular complexity index is 1590. The predicted molar refractivity (Wildman–Crippen MR) is 112 cm³/mol. The molecular weight excluding hydrogens is 344 g/mol. The lowest BCUT2D eigenvalue weighted by atomic mass is 10.0. The Kier molecular flexibility index (Phi) is 2.51. The highest BCUT2D eigenvalue weighted by Crippen LogP contribution is 2.41. The Balaban J connectivity index is 1.76. The Hall–Kier alpha value is -3.79. The van der Waals surface area contributed by atoms with Crippen molar-refractivity contribution in [3.8, 4) is 11.1 Å². The van der Waals surface area contributed by atoms with Gasteiger partial charge in [-0.2, -0.15) is 0 Å². The quantitative estimate of drug-likeness (QED) is 0.352. The zero-order valence-electron chi connectivity index (χ0n) is 14.9. The van der Waals surface area contributed by atoms with Crippen LogP contribution in [0.1, 0.15) is 11.1 Å². The Morgan fingerprint density at radius 1 is 0.821 bits per heavy atom. The fourth-order valence-electron chi connectivity index (χ4n) is 4.77. The Morgan fingerprint density at radius 2 is 1.79 bits per heavy atom. The molecular formula is C24H14N4. The highest BCUT2D eigenvalue weighted by Gasteiger charge is 2.24. The van der Waals surface area contributed by atoms with E-state index in [1.807, 2.05) is 24.7 Å². The van der Waals surface area contributed by atoms with Crippen molar-refractivity contribution in [1.29, 1.82) is 0 Å². The number of benzene rings is 2. The zero-order chi connectivity index (χ0) is 18.2. The monoisotopic (exact) mass is 358 g/mol. The maximum atomic E-state index is 5.04. The minimum atomic E-state index is 0.939. The molecule has 7 rings (SSSR count). The smallest absolute Gasteiger partial charge is 0.147 e. The summed E-state index contributed by atoms with van der Waals surface area (Å²) >= 11 is 0.